The van der Waals surface area contributed by atoms with Gasteiger partial charge >= 0.3 is 0 Å². The highest BCUT2D eigenvalue weighted by molar-refractivity contribution is 5.21. The van der Waals surface area contributed by atoms with Gasteiger partial charge in [0, 0.05) is 11.8 Å². The Morgan fingerprint density at radius 2 is 2.08 bits per heavy atom. The van der Waals surface area contributed by atoms with E-state index < -0.39 is 23.4 Å². The van der Waals surface area contributed by atoms with E-state index in [-0.39, 0.29) is 5.69 Å². The summed E-state index contributed by atoms with van der Waals surface area (Å²) in [5, 5.41) is 0. The lowest BCUT2D eigenvalue weighted by molar-refractivity contribution is 0.145. The van der Waals surface area contributed by atoms with Crippen molar-refractivity contribution in [3.05, 3.63) is 33.5 Å². The van der Waals surface area contributed by atoms with Crippen molar-refractivity contribution < 1.29 is 13.2 Å². The van der Waals surface area contributed by atoms with E-state index in [1.807, 2.05) is 0 Å². The van der Waals surface area contributed by atoms with Gasteiger partial charge in [-0.15, -0.1) is 0 Å². The fourth-order valence-electron chi connectivity index (χ4n) is 0.928. The summed E-state index contributed by atoms with van der Waals surface area (Å²) >= 11 is 0. The zero-order chi connectivity index (χ0) is 9.30. The molecule has 0 saturated heterocycles. The predicted octanol–water partition coefficient (Wildman–Crippen LogP) is 1.76. The first kappa shape index (κ1) is 8.83. The average molecular weight is 177 g/mol. The molecule has 1 aromatic rings. The van der Waals surface area contributed by atoms with Gasteiger partial charge in [-0.1, -0.05) is 0 Å². The second-order valence-corrected chi connectivity index (χ2v) is 2.32. The molecule has 0 saturated carbocycles. The topological polar surface area (TPSA) is 32.9 Å². The molecule has 12 heavy (non-hydrogen) atoms. The number of pyridine rings is 1. The number of nitrogens with one attached hydrogen (secondary N) is 1. The molecule has 0 aromatic carbocycles. The van der Waals surface area contributed by atoms with E-state index in [0.717, 1.165) is 0 Å². The van der Waals surface area contributed by atoms with Crippen molar-refractivity contribution in [2.75, 3.05) is 0 Å². The molecule has 1 rings (SSSR count). The number of aryl methyl sites for hydroxylation is 1. The van der Waals surface area contributed by atoms with Crippen LogP contribution in [0.3, 0.4) is 0 Å². The van der Waals surface area contributed by atoms with E-state index in [2.05, 4.69) is 4.98 Å². The summed E-state index contributed by atoms with van der Waals surface area (Å²) in [5.74, 6) is -1.16. The largest absolute Gasteiger partial charge is 0.326 e. The first-order valence-electron chi connectivity index (χ1n) is 3.20. The fraction of sp³-hybridized carbons (Fsp3) is 0.286. The van der Waals surface area contributed by atoms with Crippen molar-refractivity contribution in [2.24, 2.45) is 0 Å². The van der Waals surface area contributed by atoms with Crippen LogP contribution < -0.4 is 5.56 Å². The molecule has 0 aliphatic heterocycles. The summed E-state index contributed by atoms with van der Waals surface area (Å²) < 4.78 is 36.8. The standard InChI is InChI=1S/C7H6F3NO/c1-3-6(7(9)10)4(8)2-5(12)11-3/h2,7H,1H3,(H,11,12). The second-order valence-electron chi connectivity index (χ2n) is 2.32. The third-order valence-electron chi connectivity index (χ3n) is 1.45. The Bertz CT molecular complexity index is 319. The molecule has 2 nitrogen and oxygen atoms in total. The zero-order valence-electron chi connectivity index (χ0n) is 6.20. The van der Waals surface area contributed by atoms with Gasteiger partial charge in [0.25, 0.3) is 12.0 Å². The van der Waals surface area contributed by atoms with Gasteiger partial charge in [-0.2, -0.15) is 0 Å². The number of aromatic amines is 1. The Morgan fingerprint density at radius 1 is 1.50 bits per heavy atom. The molecule has 0 radical (unpaired) electrons. The molecule has 0 spiro atoms. The van der Waals surface area contributed by atoms with Crippen LogP contribution in [0.25, 0.3) is 0 Å². The molecule has 1 N–H and O–H groups in total. The van der Waals surface area contributed by atoms with Crippen LogP contribution in [-0.2, 0) is 0 Å². The second kappa shape index (κ2) is 3.00. The minimum Gasteiger partial charge on any atom is -0.326 e. The van der Waals surface area contributed by atoms with Crippen LogP contribution in [0.15, 0.2) is 10.9 Å². The van der Waals surface area contributed by atoms with E-state index in [9.17, 15) is 18.0 Å². The first-order chi connectivity index (χ1) is 5.52. The highest BCUT2D eigenvalue weighted by Gasteiger charge is 2.16. The fourth-order valence-corrected chi connectivity index (χ4v) is 0.928. The molecule has 0 atom stereocenters. The van der Waals surface area contributed by atoms with Gasteiger partial charge in [0.1, 0.15) is 5.82 Å². The van der Waals surface area contributed by atoms with Crippen LogP contribution in [-0.4, -0.2) is 4.98 Å². The molecule has 66 valence electrons. The van der Waals surface area contributed by atoms with Crippen molar-refractivity contribution in [2.45, 2.75) is 13.3 Å². The number of H-pyrrole nitrogens is 1. The van der Waals surface area contributed by atoms with Crippen molar-refractivity contribution in [1.82, 2.24) is 4.98 Å². The number of hydrogen-bond donors (Lipinski definition) is 1. The van der Waals surface area contributed by atoms with Crippen LogP contribution >= 0.6 is 0 Å². The molecule has 0 bridgehead atoms. The average Bonchev–Trinajstić information content (AvgIpc) is 1.82. The summed E-state index contributed by atoms with van der Waals surface area (Å²) in [5.41, 5.74) is -1.58. The van der Waals surface area contributed by atoms with E-state index in [1.165, 1.54) is 6.92 Å². The maximum Gasteiger partial charge on any atom is 0.268 e. The molecule has 0 amide bonds. The van der Waals surface area contributed by atoms with Crippen molar-refractivity contribution in [3.63, 3.8) is 0 Å². The van der Waals surface area contributed by atoms with Crippen LogP contribution in [0.2, 0.25) is 0 Å². The Balaban J connectivity index is 3.38. The molecule has 0 unspecified atom stereocenters. The molecular formula is C7H6F3NO. The number of rotatable bonds is 1. The van der Waals surface area contributed by atoms with Crippen molar-refractivity contribution >= 4 is 0 Å². The highest BCUT2D eigenvalue weighted by Crippen LogP contribution is 2.22. The van der Waals surface area contributed by atoms with E-state index >= 15 is 0 Å². The monoisotopic (exact) mass is 177 g/mol. The van der Waals surface area contributed by atoms with Gasteiger partial charge in [-0.05, 0) is 6.92 Å². The quantitative estimate of drug-likeness (QED) is 0.696. The first-order valence-corrected chi connectivity index (χ1v) is 3.20. The Kier molecular flexibility index (Phi) is 2.21. The summed E-state index contributed by atoms with van der Waals surface area (Å²) in [4.78, 5) is 12.6. The Labute approximate surface area is 66.0 Å². The number of halogens is 3. The van der Waals surface area contributed by atoms with Crippen LogP contribution in [0.1, 0.15) is 17.7 Å². The minimum atomic E-state index is -2.90. The molecule has 0 aliphatic rings. The van der Waals surface area contributed by atoms with Gasteiger partial charge in [0.2, 0.25) is 0 Å². The molecule has 1 aromatic heterocycles. The summed E-state index contributed by atoms with van der Waals surface area (Å²) in [6.45, 7) is 1.23. The third-order valence-corrected chi connectivity index (χ3v) is 1.45. The minimum absolute atomic E-state index is 0.130. The number of hydrogen-bond acceptors (Lipinski definition) is 1. The van der Waals surface area contributed by atoms with Gasteiger partial charge < -0.3 is 4.98 Å². The van der Waals surface area contributed by atoms with Crippen LogP contribution in [0, 0.1) is 12.7 Å². The van der Waals surface area contributed by atoms with Gasteiger partial charge in [-0.3, -0.25) is 4.79 Å². The lowest BCUT2D eigenvalue weighted by Gasteiger charge is -2.03. The zero-order valence-corrected chi connectivity index (χ0v) is 6.20. The smallest absolute Gasteiger partial charge is 0.268 e. The van der Waals surface area contributed by atoms with E-state index in [0.29, 0.717) is 6.07 Å². The lowest BCUT2D eigenvalue weighted by atomic mass is 10.2. The lowest BCUT2D eigenvalue weighted by Crippen LogP contribution is -2.11. The van der Waals surface area contributed by atoms with Gasteiger partial charge in [0.05, 0.1) is 5.56 Å². The molecule has 1 heterocycles. The molecule has 5 heteroatoms. The van der Waals surface area contributed by atoms with E-state index in [1.54, 1.807) is 0 Å². The van der Waals surface area contributed by atoms with Crippen molar-refractivity contribution in [1.29, 1.82) is 0 Å². The van der Waals surface area contributed by atoms with Crippen LogP contribution in [0.5, 0.6) is 0 Å². The normalized spacial score (nSPS) is 10.8. The molecule has 0 fully saturated rings. The summed E-state index contributed by atoms with van der Waals surface area (Å²) in [7, 11) is 0. The predicted molar refractivity (Wildman–Crippen MR) is 36.7 cm³/mol. The van der Waals surface area contributed by atoms with Crippen LogP contribution in [0.4, 0.5) is 13.2 Å². The van der Waals surface area contributed by atoms with Crippen molar-refractivity contribution in [3.8, 4) is 0 Å². The van der Waals surface area contributed by atoms with Gasteiger partial charge in [-0.25, -0.2) is 13.2 Å². The van der Waals surface area contributed by atoms with Gasteiger partial charge in [0.15, 0.2) is 0 Å². The maximum atomic E-state index is 12.7. The SMILES string of the molecule is Cc1[nH]c(=O)cc(F)c1C(F)F. The summed E-state index contributed by atoms with van der Waals surface area (Å²) in [6.07, 6.45) is -2.90. The number of aromatic nitrogens is 1. The maximum absolute atomic E-state index is 12.7. The van der Waals surface area contributed by atoms with E-state index in [4.69, 9.17) is 0 Å². The third kappa shape index (κ3) is 1.49. The highest BCUT2D eigenvalue weighted by atomic mass is 19.3. The molecular weight excluding hydrogens is 171 g/mol. The molecule has 0 aliphatic carbocycles. The number of alkyl halides is 2. The Hall–Kier alpha value is -1.26. The Morgan fingerprint density at radius 3 is 2.50 bits per heavy atom. The summed E-state index contributed by atoms with van der Waals surface area (Å²) in [6, 6.07) is 0.508.